The molecule has 1 saturated heterocycles. The lowest BCUT2D eigenvalue weighted by molar-refractivity contribution is -0.133. The molecular weight excluding hydrogens is 299 g/mol. The third-order valence-corrected chi connectivity index (χ3v) is 4.14. The molecular formula is C17H23FN2O3. The highest BCUT2D eigenvalue weighted by atomic mass is 19.1. The van der Waals surface area contributed by atoms with Gasteiger partial charge in [0.25, 0.3) is 5.91 Å². The Morgan fingerprint density at radius 1 is 1.35 bits per heavy atom. The number of likely N-dealkylation sites (tertiary alicyclic amines) is 1. The second-order valence-corrected chi connectivity index (χ2v) is 5.83. The van der Waals surface area contributed by atoms with E-state index in [1.54, 1.807) is 14.0 Å². The lowest BCUT2D eigenvalue weighted by Gasteiger charge is -2.32. The lowest BCUT2D eigenvalue weighted by atomic mass is 10.0. The largest absolute Gasteiger partial charge is 0.384 e. The van der Waals surface area contributed by atoms with Gasteiger partial charge < -0.3 is 15.0 Å². The average Bonchev–Trinajstić information content (AvgIpc) is 2.53. The number of hydrogen-bond donors (Lipinski definition) is 1. The average molecular weight is 322 g/mol. The Hall–Kier alpha value is -1.95. The highest BCUT2D eigenvalue weighted by Gasteiger charge is 2.24. The van der Waals surface area contributed by atoms with E-state index in [-0.39, 0.29) is 23.7 Å². The smallest absolute Gasteiger partial charge is 0.251 e. The maximum absolute atomic E-state index is 13.1. The molecule has 0 aliphatic carbocycles. The molecule has 2 amide bonds. The molecule has 1 aliphatic heterocycles. The van der Waals surface area contributed by atoms with Crippen molar-refractivity contribution >= 4 is 11.8 Å². The molecule has 23 heavy (non-hydrogen) atoms. The summed E-state index contributed by atoms with van der Waals surface area (Å²) in [6.07, 6.45) is 1.84. The first-order valence-electron chi connectivity index (χ1n) is 7.85. The minimum Gasteiger partial charge on any atom is -0.384 e. The predicted octanol–water partition coefficient (Wildman–Crippen LogP) is 1.89. The van der Waals surface area contributed by atoms with Gasteiger partial charge in [-0.3, -0.25) is 9.59 Å². The minimum absolute atomic E-state index is 0.0402. The van der Waals surface area contributed by atoms with Crippen LogP contribution in [0.2, 0.25) is 0 Å². The molecule has 1 aliphatic rings. The standard InChI is InChI=1S/C17H23FN2O3/c1-12-11-13(18)3-4-15(12)17(22)19-14-5-8-20(9-6-14)16(21)7-10-23-2/h3-4,11,14H,5-10H2,1-2H3,(H,19,22). The van der Waals surface area contributed by atoms with E-state index in [1.807, 2.05) is 4.90 Å². The van der Waals surface area contributed by atoms with Gasteiger partial charge in [0.2, 0.25) is 5.91 Å². The second-order valence-electron chi connectivity index (χ2n) is 5.83. The number of benzene rings is 1. The van der Waals surface area contributed by atoms with Crippen molar-refractivity contribution in [2.24, 2.45) is 0 Å². The molecule has 0 unspecified atom stereocenters. The Morgan fingerprint density at radius 2 is 2.04 bits per heavy atom. The molecule has 2 rings (SSSR count). The van der Waals surface area contributed by atoms with Crippen LogP contribution in [0.15, 0.2) is 18.2 Å². The summed E-state index contributed by atoms with van der Waals surface area (Å²) in [5.41, 5.74) is 1.11. The van der Waals surface area contributed by atoms with E-state index in [2.05, 4.69) is 5.32 Å². The number of hydrogen-bond acceptors (Lipinski definition) is 3. The molecule has 1 heterocycles. The number of nitrogens with one attached hydrogen (secondary N) is 1. The molecule has 0 aromatic heterocycles. The first kappa shape index (κ1) is 17.4. The number of carbonyl (C=O) groups excluding carboxylic acids is 2. The van der Waals surface area contributed by atoms with E-state index < -0.39 is 0 Å². The number of halogens is 1. The van der Waals surface area contributed by atoms with Crippen LogP contribution in [0, 0.1) is 12.7 Å². The van der Waals surface area contributed by atoms with Gasteiger partial charge in [-0.25, -0.2) is 4.39 Å². The van der Waals surface area contributed by atoms with Gasteiger partial charge in [-0.15, -0.1) is 0 Å². The van der Waals surface area contributed by atoms with Gasteiger partial charge in [-0.1, -0.05) is 0 Å². The van der Waals surface area contributed by atoms with Gasteiger partial charge >= 0.3 is 0 Å². The van der Waals surface area contributed by atoms with Crippen LogP contribution in [0.25, 0.3) is 0 Å². The second kappa shape index (κ2) is 8.06. The zero-order chi connectivity index (χ0) is 16.8. The maximum Gasteiger partial charge on any atom is 0.251 e. The van der Waals surface area contributed by atoms with E-state index >= 15 is 0 Å². The van der Waals surface area contributed by atoms with E-state index in [0.717, 1.165) is 12.8 Å². The first-order valence-corrected chi connectivity index (χ1v) is 7.85. The van der Waals surface area contributed by atoms with Crippen LogP contribution in [0.1, 0.15) is 35.2 Å². The fourth-order valence-electron chi connectivity index (χ4n) is 2.77. The molecule has 0 saturated carbocycles. The molecule has 1 aromatic rings. The molecule has 1 N–H and O–H groups in total. The number of amides is 2. The number of ether oxygens (including phenoxy) is 1. The SMILES string of the molecule is COCCC(=O)N1CCC(NC(=O)c2ccc(F)cc2C)CC1. The van der Waals surface area contributed by atoms with Crippen molar-refractivity contribution in [2.75, 3.05) is 26.8 Å². The molecule has 1 aromatic carbocycles. The number of rotatable bonds is 5. The number of carbonyl (C=O) groups is 2. The van der Waals surface area contributed by atoms with Crippen molar-refractivity contribution in [3.05, 3.63) is 35.1 Å². The maximum atomic E-state index is 13.1. The monoisotopic (exact) mass is 322 g/mol. The summed E-state index contributed by atoms with van der Waals surface area (Å²) >= 11 is 0. The summed E-state index contributed by atoms with van der Waals surface area (Å²) in [4.78, 5) is 26.0. The summed E-state index contributed by atoms with van der Waals surface area (Å²) in [5, 5.41) is 2.97. The Balaban J connectivity index is 1.84. The topological polar surface area (TPSA) is 58.6 Å². The Bertz CT molecular complexity index is 569. The van der Waals surface area contributed by atoms with Crippen LogP contribution < -0.4 is 5.32 Å². The van der Waals surface area contributed by atoms with E-state index in [4.69, 9.17) is 4.74 Å². The van der Waals surface area contributed by atoms with Gasteiger partial charge in [0.15, 0.2) is 0 Å². The van der Waals surface area contributed by atoms with Crippen LogP contribution in [-0.4, -0.2) is 49.6 Å². The van der Waals surface area contributed by atoms with Crippen molar-refractivity contribution in [3.8, 4) is 0 Å². The van der Waals surface area contributed by atoms with Crippen molar-refractivity contribution < 1.29 is 18.7 Å². The highest BCUT2D eigenvalue weighted by Crippen LogP contribution is 2.14. The summed E-state index contributed by atoms with van der Waals surface area (Å²) in [6, 6.07) is 4.19. The number of piperidine rings is 1. The van der Waals surface area contributed by atoms with Crippen LogP contribution in [0.5, 0.6) is 0 Å². The van der Waals surface area contributed by atoms with Crippen molar-refractivity contribution in [2.45, 2.75) is 32.2 Å². The normalized spacial score (nSPS) is 15.5. The van der Waals surface area contributed by atoms with Crippen molar-refractivity contribution in [3.63, 3.8) is 0 Å². The summed E-state index contributed by atoms with van der Waals surface area (Å²) in [6.45, 7) is 3.42. The van der Waals surface area contributed by atoms with Crippen LogP contribution >= 0.6 is 0 Å². The predicted molar refractivity (Wildman–Crippen MR) is 84.7 cm³/mol. The van der Waals surface area contributed by atoms with E-state index in [9.17, 15) is 14.0 Å². The molecule has 126 valence electrons. The van der Waals surface area contributed by atoms with E-state index in [1.165, 1.54) is 18.2 Å². The Morgan fingerprint density at radius 3 is 2.65 bits per heavy atom. The first-order chi connectivity index (χ1) is 11.0. The van der Waals surface area contributed by atoms with Crippen LogP contribution in [0.3, 0.4) is 0 Å². The minimum atomic E-state index is -0.345. The van der Waals surface area contributed by atoms with Gasteiger partial charge in [0, 0.05) is 31.8 Å². The third kappa shape index (κ3) is 4.76. The zero-order valence-corrected chi connectivity index (χ0v) is 13.6. The molecule has 1 fully saturated rings. The van der Waals surface area contributed by atoms with Crippen LogP contribution in [-0.2, 0) is 9.53 Å². The van der Waals surface area contributed by atoms with Gasteiger partial charge in [-0.05, 0) is 43.5 Å². The fourth-order valence-corrected chi connectivity index (χ4v) is 2.77. The third-order valence-electron chi connectivity index (χ3n) is 4.14. The van der Waals surface area contributed by atoms with Gasteiger partial charge in [0.05, 0.1) is 13.0 Å². The van der Waals surface area contributed by atoms with E-state index in [0.29, 0.717) is 37.2 Å². The molecule has 0 bridgehead atoms. The summed E-state index contributed by atoms with van der Waals surface area (Å²) < 4.78 is 18.0. The van der Waals surface area contributed by atoms with Gasteiger partial charge in [0.1, 0.15) is 5.82 Å². The summed E-state index contributed by atoms with van der Waals surface area (Å²) in [7, 11) is 1.58. The Labute approximate surface area is 135 Å². The van der Waals surface area contributed by atoms with Crippen LogP contribution in [0.4, 0.5) is 4.39 Å². The molecule has 0 atom stereocenters. The fraction of sp³-hybridized carbons (Fsp3) is 0.529. The molecule has 0 spiro atoms. The van der Waals surface area contributed by atoms with Crippen molar-refractivity contribution in [1.82, 2.24) is 10.2 Å². The van der Waals surface area contributed by atoms with Crippen molar-refractivity contribution in [1.29, 1.82) is 0 Å². The number of aryl methyl sites for hydroxylation is 1. The number of nitrogens with zero attached hydrogens (tertiary/aromatic N) is 1. The zero-order valence-electron chi connectivity index (χ0n) is 13.6. The lowest BCUT2D eigenvalue weighted by Crippen LogP contribution is -2.46. The highest BCUT2D eigenvalue weighted by molar-refractivity contribution is 5.95. The number of methoxy groups -OCH3 is 1. The Kier molecular flexibility index (Phi) is 6.10. The molecule has 6 heteroatoms. The summed E-state index contributed by atoms with van der Waals surface area (Å²) in [5.74, 6) is -0.445. The van der Waals surface area contributed by atoms with Gasteiger partial charge in [-0.2, -0.15) is 0 Å². The molecule has 5 nitrogen and oxygen atoms in total. The molecule has 0 radical (unpaired) electrons. The quantitative estimate of drug-likeness (QED) is 0.901.